The molecule has 8 heteroatoms. The van der Waals surface area contributed by atoms with Gasteiger partial charge in [-0.05, 0) is 62.7 Å². The predicted octanol–water partition coefficient (Wildman–Crippen LogP) is 4.06. The van der Waals surface area contributed by atoms with E-state index in [2.05, 4.69) is 10.6 Å². The molecule has 0 saturated heterocycles. The molecule has 0 saturated carbocycles. The largest absolute Gasteiger partial charge is 0.482 e. The second-order valence-corrected chi connectivity index (χ2v) is 8.44. The van der Waals surface area contributed by atoms with Crippen molar-refractivity contribution in [3.63, 3.8) is 0 Å². The topological polar surface area (TPSA) is 93.7 Å². The molecule has 0 atom stereocenters. The fourth-order valence-electron chi connectivity index (χ4n) is 4.02. The van der Waals surface area contributed by atoms with Crippen LogP contribution >= 0.6 is 0 Å². The molecule has 0 aromatic heterocycles. The summed E-state index contributed by atoms with van der Waals surface area (Å²) in [6.07, 6.45) is 1.92. The maximum atomic E-state index is 13.6. The van der Waals surface area contributed by atoms with Crippen molar-refractivity contribution < 1.29 is 28.2 Å². The van der Waals surface area contributed by atoms with E-state index >= 15 is 0 Å². The van der Waals surface area contributed by atoms with Crippen LogP contribution in [0.1, 0.15) is 48.7 Å². The van der Waals surface area contributed by atoms with Gasteiger partial charge in [0, 0.05) is 23.2 Å². The van der Waals surface area contributed by atoms with Gasteiger partial charge in [0.2, 0.25) is 0 Å². The van der Waals surface area contributed by atoms with Crippen molar-refractivity contribution in [1.82, 2.24) is 5.32 Å². The van der Waals surface area contributed by atoms with Gasteiger partial charge in [0.25, 0.3) is 11.8 Å². The number of rotatable bonds is 6. The first kappa shape index (κ1) is 23.2. The number of anilines is 1. The van der Waals surface area contributed by atoms with Crippen LogP contribution in [0.25, 0.3) is 11.1 Å². The zero-order valence-corrected chi connectivity index (χ0v) is 19.2. The summed E-state index contributed by atoms with van der Waals surface area (Å²) in [4.78, 5) is 36.4. The molecule has 2 amide bonds. The SMILES string of the molecule is CCOC(=O)CCNC(=O)c1ccc(C2=C/C(=C3/C(=O)Nc4cc(F)ccc43)OC2(C)C)cc1. The summed E-state index contributed by atoms with van der Waals surface area (Å²) in [6, 6.07) is 11.1. The number of esters is 1. The maximum Gasteiger partial charge on any atom is 0.307 e. The van der Waals surface area contributed by atoms with E-state index in [1.165, 1.54) is 12.1 Å². The lowest BCUT2D eigenvalue weighted by Crippen LogP contribution is -2.26. The van der Waals surface area contributed by atoms with E-state index in [1.807, 2.05) is 32.1 Å². The van der Waals surface area contributed by atoms with Gasteiger partial charge in [0.1, 0.15) is 17.2 Å². The Bertz CT molecular complexity index is 1230. The number of hydrogen-bond acceptors (Lipinski definition) is 5. The number of fused-ring (bicyclic) bond motifs is 1. The summed E-state index contributed by atoms with van der Waals surface area (Å²) in [5.74, 6) is -1.02. The normalized spacial score (nSPS) is 18.0. The molecule has 2 aliphatic rings. The molecule has 34 heavy (non-hydrogen) atoms. The number of ether oxygens (including phenoxy) is 2. The predicted molar refractivity (Wildman–Crippen MR) is 125 cm³/mol. The molecule has 0 fully saturated rings. The highest BCUT2D eigenvalue weighted by atomic mass is 19.1. The second-order valence-electron chi connectivity index (χ2n) is 8.44. The van der Waals surface area contributed by atoms with Crippen molar-refractivity contribution in [2.45, 2.75) is 32.8 Å². The number of benzene rings is 2. The third-order valence-corrected chi connectivity index (χ3v) is 5.64. The molecule has 2 N–H and O–H groups in total. The van der Waals surface area contributed by atoms with E-state index in [0.717, 1.165) is 11.1 Å². The fraction of sp³-hybridized carbons (Fsp3) is 0.269. The first-order valence-electron chi connectivity index (χ1n) is 11.0. The summed E-state index contributed by atoms with van der Waals surface area (Å²) < 4.78 is 24.5. The number of halogens is 1. The Morgan fingerprint density at radius 3 is 2.59 bits per heavy atom. The van der Waals surface area contributed by atoms with E-state index in [-0.39, 0.29) is 30.7 Å². The molecule has 0 aliphatic carbocycles. The lowest BCUT2D eigenvalue weighted by Gasteiger charge is -2.23. The van der Waals surface area contributed by atoms with Gasteiger partial charge in [-0.25, -0.2) is 4.39 Å². The highest BCUT2D eigenvalue weighted by Gasteiger charge is 2.38. The van der Waals surface area contributed by atoms with Gasteiger partial charge < -0.3 is 20.1 Å². The summed E-state index contributed by atoms with van der Waals surface area (Å²) in [6.45, 7) is 6.00. The standard InChI is InChI=1S/C26H25FN2O5/c1-4-33-22(30)11-12-28-24(31)16-7-5-15(6-8-16)19-14-21(34-26(19,2)3)23-18-10-9-17(27)13-20(18)29-25(23)32/h5-10,13-14H,4,11-12H2,1-3H3,(H,28,31)(H,29,32)/b23-21-. The van der Waals surface area contributed by atoms with Gasteiger partial charge >= 0.3 is 5.97 Å². The molecule has 4 rings (SSSR count). The van der Waals surface area contributed by atoms with Crippen LogP contribution in [0.4, 0.5) is 10.1 Å². The van der Waals surface area contributed by atoms with Gasteiger partial charge in [0.15, 0.2) is 0 Å². The molecular formula is C26H25FN2O5. The number of amides is 2. The van der Waals surface area contributed by atoms with Gasteiger partial charge in [-0.1, -0.05) is 12.1 Å². The van der Waals surface area contributed by atoms with Crippen LogP contribution in [0.2, 0.25) is 0 Å². The zero-order chi connectivity index (χ0) is 24.5. The van der Waals surface area contributed by atoms with Crippen LogP contribution in [-0.4, -0.2) is 36.5 Å². The molecule has 2 heterocycles. The first-order valence-corrected chi connectivity index (χ1v) is 11.0. The Morgan fingerprint density at radius 2 is 1.88 bits per heavy atom. The summed E-state index contributed by atoms with van der Waals surface area (Å²) in [5, 5.41) is 5.38. The average Bonchev–Trinajstić information content (AvgIpc) is 3.27. The molecule has 0 spiro atoms. The van der Waals surface area contributed by atoms with Gasteiger partial charge in [-0.15, -0.1) is 0 Å². The maximum absolute atomic E-state index is 13.6. The Hall–Kier alpha value is -3.94. The van der Waals surface area contributed by atoms with Crippen LogP contribution in [-0.2, 0) is 19.1 Å². The summed E-state index contributed by atoms with van der Waals surface area (Å²) in [5.41, 5.74) is 2.76. The Balaban J connectivity index is 1.55. The van der Waals surface area contributed by atoms with E-state index in [4.69, 9.17) is 9.47 Å². The van der Waals surface area contributed by atoms with Crippen molar-refractivity contribution >= 4 is 34.6 Å². The van der Waals surface area contributed by atoms with Crippen molar-refractivity contribution in [2.75, 3.05) is 18.5 Å². The van der Waals surface area contributed by atoms with Crippen molar-refractivity contribution in [2.24, 2.45) is 0 Å². The smallest absolute Gasteiger partial charge is 0.307 e. The highest BCUT2D eigenvalue weighted by Crippen LogP contribution is 2.44. The molecular weight excluding hydrogens is 439 g/mol. The van der Waals surface area contributed by atoms with E-state index < -0.39 is 11.4 Å². The van der Waals surface area contributed by atoms with E-state index in [9.17, 15) is 18.8 Å². The molecule has 2 aliphatic heterocycles. The first-order chi connectivity index (χ1) is 16.2. The number of carbonyl (C=O) groups excluding carboxylic acids is 3. The summed E-state index contributed by atoms with van der Waals surface area (Å²) >= 11 is 0. The Kier molecular flexibility index (Phi) is 6.24. The van der Waals surface area contributed by atoms with Crippen LogP contribution in [0.3, 0.4) is 0 Å². The second kappa shape index (κ2) is 9.13. The number of allylic oxidation sites excluding steroid dienone is 1. The molecule has 2 aromatic rings. The van der Waals surface area contributed by atoms with E-state index in [1.54, 1.807) is 25.1 Å². The van der Waals surface area contributed by atoms with Crippen molar-refractivity contribution in [3.05, 3.63) is 76.8 Å². The molecule has 7 nitrogen and oxygen atoms in total. The summed E-state index contributed by atoms with van der Waals surface area (Å²) in [7, 11) is 0. The van der Waals surface area contributed by atoms with Crippen LogP contribution in [0.5, 0.6) is 0 Å². The van der Waals surface area contributed by atoms with Crippen molar-refractivity contribution in [3.8, 4) is 0 Å². The third kappa shape index (κ3) is 4.57. The molecule has 0 bridgehead atoms. The lowest BCUT2D eigenvalue weighted by molar-refractivity contribution is -0.142. The average molecular weight is 464 g/mol. The Labute approximate surface area is 196 Å². The van der Waals surface area contributed by atoms with Crippen molar-refractivity contribution in [1.29, 1.82) is 0 Å². The number of nitrogens with one attached hydrogen (secondary N) is 2. The molecule has 2 aromatic carbocycles. The number of carbonyl (C=O) groups is 3. The molecule has 0 radical (unpaired) electrons. The fourth-order valence-corrected chi connectivity index (χ4v) is 4.02. The van der Waals surface area contributed by atoms with Gasteiger partial charge in [-0.2, -0.15) is 0 Å². The minimum Gasteiger partial charge on any atom is -0.482 e. The molecule has 176 valence electrons. The zero-order valence-electron chi connectivity index (χ0n) is 19.2. The van der Waals surface area contributed by atoms with Gasteiger partial charge in [0.05, 0.1) is 24.3 Å². The van der Waals surface area contributed by atoms with E-state index in [0.29, 0.717) is 34.8 Å². The lowest BCUT2D eigenvalue weighted by atomic mass is 9.91. The van der Waals surface area contributed by atoms with Crippen LogP contribution in [0.15, 0.2) is 54.3 Å². The number of hydrogen-bond donors (Lipinski definition) is 2. The molecule has 0 unspecified atom stereocenters. The monoisotopic (exact) mass is 464 g/mol. The van der Waals surface area contributed by atoms with Crippen LogP contribution < -0.4 is 10.6 Å². The minimum absolute atomic E-state index is 0.108. The minimum atomic E-state index is -0.727. The Morgan fingerprint density at radius 1 is 1.15 bits per heavy atom. The third-order valence-electron chi connectivity index (χ3n) is 5.64. The highest BCUT2D eigenvalue weighted by molar-refractivity contribution is 6.32. The van der Waals surface area contributed by atoms with Crippen LogP contribution in [0, 0.1) is 5.82 Å². The quantitative estimate of drug-likeness (QED) is 0.497. The van der Waals surface area contributed by atoms with Gasteiger partial charge in [-0.3, -0.25) is 14.4 Å².